The third-order valence-electron chi connectivity index (χ3n) is 4.82. The summed E-state index contributed by atoms with van der Waals surface area (Å²) in [5, 5.41) is 6.49. The zero-order chi connectivity index (χ0) is 21.2. The van der Waals surface area contributed by atoms with Crippen LogP contribution >= 0.6 is 24.0 Å². The van der Waals surface area contributed by atoms with Crippen molar-refractivity contribution in [2.45, 2.75) is 13.1 Å². The number of morpholine rings is 1. The highest BCUT2D eigenvalue weighted by Gasteiger charge is 2.15. The molecule has 0 saturated carbocycles. The van der Waals surface area contributed by atoms with Crippen LogP contribution in [0.15, 0.2) is 60.1 Å². The normalized spacial score (nSPS) is 13.9. The molecule has 0 spiro atoms. The number of nitrogens with zero attached hydrogens (tertiary/aromatic N) is 2. The maximum Gasteiger partial charge on any atom is 0.191 e. The van der Waals surface area contributed by atoms with E-state index in [4.69, 9.17) is 9.47 Å². The van der Waals surface area contributed by atoms with Crippen LogP contribution in [0.25, 0.3) is 0 Å². The highest BCUT2D eigenvalue weighted by atomic mass is 127. The molecule has 2 aromatic rings. The van der Waals surface area contributed by atoms with Crippen LogP contribution in [0.4, 0.5) is 10.1 Å². The molecule has 0 aromatic heterocycles. The summed E-state index contributed by atoms with van der Waals surface area (Å²) in [6.45, 7) is 7.84. The molecule has 1 aliphatic heterocycles. The number of benzene rings is 2. The number of guanidine groups is 1. The highest BCUT2D eigenvalue weighted by Crippen LogP contribution is 2.21. The number of nitrogens with one attached hydrogen (secondary N) is 2. The van der Waals surface area contributed by atoms with Crippen molar-refractivity contribution in [2.24, 2.45) is 4.99 Å². The molecule has 0 atom stereocenters. The maximum absolute atomic E-state index is 14.6. The lowest BCUT2D eigenvalue weighted by Crippen LogP contribution is -2.37. The van der Waals surface area contributed by atoms with Crippen molar-refractivity contribution in [3.05, 3.63) is 72.1 Å². The van der Waals surface area contributed by atoms with Crippen molar-refractivity contribution >= 4 is 35.6 Å². The van der Waals surface area contributed by atoms with Crippen molar-refractivity contribution in [3.63, 3.8) is 0 Å². The zero-order valence-electron chi connectivity index (χ0n) is 17.8. The van der Waals surface area contributed by atoms with Crippen molar-refractivity contribution in [2.75, 3.05) is 44.9 Å². The lowest BCUT2D eigenvalue weighted by molar-refractivity contribution is 0.122. The smallest absolute Gasteiger partial charge is 0.191 e. The van der Waals surface area contributed by atoms with Gasteiger partial charge >= 0.3 is 0 Å². The monoisotopic (exact) mass is 540 g/mol. The molecule has 1 fully saturated rings. The van der Waals surface area contributed by atoms with Crippen LogP contribution in [-0.2, 0) is 17.8 Å². The van der Waals surface area contributed by atoms with E-state index in [0.717, 1.165) is 16.9 Å². The predicted octanol–water partition coefficient (Wildman–Crippen LogP) is 3.71. The standard InChI is InChI=1S/C23H29FN4O2.HI/c1-3-12-30-22-7-5-4-6-19(22)17-27-23(25-2)26-16-18-8-9-21(20(24)15-18)28-10-13-29-14-11-28;/h3-9,15H,1,10-14,16-17H2,2H3,(H2,25,26,27);1H. The minimum atomic E-state index is -0.215. The number of hydrogen-bond acceptors (Lipinski definition) is 4. The van der Waals surface area contributed by atoms with Gasteiger partial charge in [0.05, 0.1) is 18.9 Å². The number of ether oxygens (including phenoxy) is 2. The number of aliphatic imine (C=N–C) groups is 1. The molecule has 1 aliphatic rings. The van der Waals surface area contributed by atoms with E-state index < -0.39 is 0 Å². The first-order chi connectivity index (χ1) is 14.7. The number of halogens is 2. The minimum absolute atomic E-state index is 0. The molecule has 2 N–H and O–H groups in total. The maximum atomic E-state index is 14.6. The van der Waals surface area contributed by atoms with E-state index >= 15 is 0 Å². The molecular weight excluding hydrogens is 510 g/mol. The van der Waals surface area contributed by atoms with E-state index in [1.54, 1.807) is 19.2 Å². The predicted molar refractivity (Wildman–Crippen MR) is 134 cm³/mol. The average Bonchev–Trinajstić information content (AvgIpc) is 2.79. The Hall–Kier alpha value is -2.33. The fourth-order valence-corrected chi connectivity index (χ4v) is 3.25. The van der Waals surface area contributed by atoms with Crippen molar-refractivity contribution in [1.82, 2.24) is 10.6 Å². The van der Waals surface area contributed by atoms with Gasteiger partial charge in [-0.1, -0.05) is 36.9 Å². The van der Waals surface area contributed by atoms with Crippen LogP contribution in [0.5, 0.6) is 5.75 Å². The molecule has 6 nitrogen and oxygen atoms in total. The fourth-order valence-electron chi connectivity index (χ4n) is 3.25. The molecule has 8 heteroatoms. The van der Waals surface area contributed by atoms with E-state index in [9.17, 15) is 4.39 Å². The summed E-state index contributed by atoms with van der Waals surface area (Å²) in [5.74, 6) is 1.22. The lowest BCUT2D eigenvalue weighted by Gasteiger charge is -2.29. The third-order valence-corrected chi connectivity index (χ3v) is 4.82. The summed E-state index contributed by atoms with van der Waals surface area (Å²) in [6.07, 6.45) is 1.72. The second-order valence-electron chi connectivity index (χ2n) is 6.87. The summed E-state index contributed by atoms with van der Waals surface area (Å²) in [4.78, 5) is 6.26. The van der Waals surface area contributed by atoms with Gasteiger partial charge in [-0.2, -0.15) is 0 Å². The lowest BCUT2D eigenvalue weighted by atomic mass is 10.1. The van der Waals surface area contributed by atoms with Crippen LogP contribution in [0.2, 0.25) is 0 Å². The van der Waals surface area contributed by atoms with E-state index in [2.05, 4.69) is 22.2 Å². The molecule has 0 unspecified atom stereocenters. The topological polar surface area (TPSA) is 58.1 Å². The quantitative estimate of drug-likeness (QED) is 0.232. The number of rotatable bonds is 8. The van der Waals surface area contributed by atoms with Gasteiger partial charge in [0.25, 0.3) is 0 Å². The first-order valence-electron chi connectivity index (χ1n) is 10.1. The van der Waals surface area contributed by atoms with E-state index in [1.165, 1.54) is 0 Å². The summed E-state index contributed by atoms with van der Waals surface area (Å²) >= 11 is 0. The minimum Gasteiger partial charge on any atom is -0.489 e. The van der Waals surface area contributed by atoms with Gasteiger partial charge in [0.1, 0.15) is 18.2 Å². The second kappa shape index (κ2) is 13.2. The van der Waals surface area contributed by atoms with Crippen LogP contribution in [0.1, 0.15) is 11.1 Å². The van der Waals surface area contributed by atoms with E-state index in [-0.39, 0.29) is 29.8 Å². The Morgan fingerprint density at radius 1 is 1.19 bits per heavy atom. The molecule has 1 heterocycles. The van der Waals surface area contributed by atoms with Gasteiger partial charge in [-0.3, -0.25) is 4.99 Å². The van der Waals surface area contributed by atoms with Crippen LogP contribution in [0, 0.1) is 5.82 Å². The van der Waals surface area contributed by atoms with Gasteiger partial charge in [0.15, 0.2) is 5.96 Å². The number of para-hydroxylation sites is 1. The number of anilines is 1. The molecule has 0 aliphatic carbocycles. The Kier molecular flexibility index (Phi) is 10.6. The molecule has 3 rings (SSSR count). The molecule has 168 valence electrons. The van der Waals surface area contributed by atoms with Crippen LogP contribution in [-0.4, -0.2) is 45.9 Å². The van der Waals surface area contributed by atoms with Crippen molar-refractivity contribution in [3.8, 4) is 5.75 Å². The molecule has 0 amide bonds. The first-order valence-corrected chi connectivity index (χ1v) is 10.1. The Labute approximate surface area is 200 Å². The Morgan fingerprint density at radius 3 is 2.65 bits per heavy atom. The van der Waals surface area contributed by atoms with Gasteiger partial charge in [-0.05, 0) is 23.8 Å². The SMILES string of the molecule is C=CCOc1ccccc1CNC(=NC)NCc1ccc(N2CCOCC2)c(F)c1.I. The van der Waals surface area contributed by atoms with Crippen LogP contribution < -0.4 is 20.3 Å². The third kappa shape index (κ3) is 7.39. The summed E-state index contributed by atoms with van der Waals surface area (Å²) < 4.78 is 25.6. The molecule has 0 radical (unpaired) electrons. The van der Waals surface area contributed by atoms with Gasteiger partial charge in [0.2, 0.25) is 0 Å². The fraction of sp³-hybridized carbons (Fsp3) is 0.348. The largest absolute Gasteiger partial charge is 0.489 e. The van der Waals surface area contributed by atoms with Crippen LogP contribution in [0.3, 0.4) is 0 Å². The van der Waals surface area contributed by atoms with E-state index in [0.29, 0.717) is 57.6 Å². The van der Waals surface area contributed by atoms with Gasteiger partial charge in [0, 0.05) is 38.8 Å². The van der Waals surface area contributed by atoms with Crippen molar-refractivity contribution < 1.29 is 13.9 Å². The summed E-state index contributed by atoms with van der Waals surface area (Å²) in [7, 11) is 1.71. The van der Waals surface area contributed by atoms with Gasteiger partial charge in [-0.15, -0.1) is 24.0 Å². The Balaban J connectivity index is 0.00000341. The summed E-state index contributed by atoms with van der Waals surface area (Å²) in [6, 6.07) is 13.2. The van der Waals surface area contributed by atoms with Gasteiger partial charge < -0.3 is 25.0 Å². The zero-order valence-corrected chi connectivity index (χ0v) is 20.1. The average molecular weight is 540 g/mol. The van der Waals surface area contributed by atoms with Gasteiger partial charge in [-0.25, -0.2) is 4.39 Å². The van der Waals surface area contributed by atoms with Crippen molar-refractivity contribution in [1.29, 1.82) is 0 Å². The Bertz CT molecular complexity index is 872. The second-order valence-corrected chi connectivity index (χ2v) is 6.87. The molecule has 2 aromatic carbocycles. The molecule has 0 bridgehead atoms. The molecule has 1 saturated heterocycles. The summed E-state index contributed by atoms with van der Waals surface area (Å²) in [5.41, 5.74) is 2.49. The van der Waals surface area contributed by atoms with E-state index in [1.807, 2.05) is 41.3 Å². The highest BCUT2D eigenvalue weighted by molar-refractivity contribution is 14.0. The number of hydrogen-bond donors (Lipinski definition) is 2. The molecule has 31 heavy (non-hydrogen) atoms. The first kappa shape index (κ1) is 24.9. The molecular formula is C23H30FIN4O2. The Morgan fingerprint density at radius 2 is 1.94 bits per heavy atom.